The molecule has 1 N–H and O–H groups in total. The first-order chi connectivity index (χ1) is 15.3. The highest BCUT2D eigenvalue weighted by Gasteiger charge is 2.47. The van der Waals surface area contributed by atoms with Crippen molar-refractivity contribution in [2.24, 2.45) is 0 Å². The van der Waals surface area contributed by atoms with Gasteiger partial charge in [-0.2, -0.15) is 18.3 Å². The monoisotopic (exact) mass is 444 g/mol. The summed E-state index contributed by atoms with van der Waals surface area (Å²) in [6.07, 6.45) is -2.06. The Labute approximate surface area is 181 Å². The third-order valence-electron chi connectivity index (χ3n) is 6.10. The standard InChI is InChI=1S/C23H20F4N4O/c24-16-9-7-14(8-10-16)18-12-20(23(25,26)27)31-21(29-18)17(13-28-31)22(32)30-11-3-5-15-4-1-2-6-19(15)30/h1-2,4,6-10,13,18,20,29H,3,5,11-12H2/t18-,20+/m0/s1. The van der Waals surface area contributed by atoms with E-state index < -0.39 is 30.0 Å². The Morgan fingerprint density at radius 2 is 1.84 bits per heavy atom. The fourth-order valence-corrected chi connectivity index (χ4v) is 4.52. The average Bonchev–Trinajstić information content (AvgIpc) is 3.21. The number of nitrogens with zero attached hydrogens (tertiary/aromatic N) is 3. The van der Waals surface area contributed by atoms with E-state index in [2.05, 4.69) is 10.4 Å². The van der Waals surface area contributed by atoms with Crippen LogP contribution in [-0.4, -0.2) is 28.4 Å². The van der Waals surface area contributed by atoms with E-state index in [9.17, 15) is 22.4 Å². The van der Waals surface area contributed by atoms with Crippen molar-refractivity contribution in [1.82, 2.24) is 9.78 Å². The minimum absolute atomic E-state index is 0.0287. The quantitative estimate of drug-likeness (QED) is 0.548. The smallest absolute Gasteiger partial charge is 0.363 e. The number of aryl methyl sites for hydroxylation is 1. The number of hydrogen-bond donors (Lipinski definition) is 1. The first kappa shape index (κ1) is 20.5. The Hall–Kier alpha value is -3.36. The van der Waals surface area contributed by atoms with Gasteiger partial charge in [0.05, 0.1) is 12.2 Å². The maximum atomic E-state index is 13.9. The van der Waals surface area contributed by atoms with Crippen molar-refractivity contribution in [2.75, 3.05) is 16.8 Å². The zero-order chi connectivity index (χ0) is 22.5. The highest BCUT2D eigenvalue weighted by atomic mass is 19.4. The van der Waals surface area contributed by atoms with E-state index in [4.69, 9.17) is 0 Å². The van der Waals surface area contributed by atoms with Crippen molar-refractivity contribution in [2.45, 2.75) is 37.5 Å². The molecule has 5 rings (SSSR count). The van der Waals surface area contributed by atoms with Crippen LogP contribution in [0.5, 0.6) is 0 Å². The molecule has 0 aliphatic carbocycles. The number of rotatable bonds is 2. The predicted octanol–water partition coefficient (Wildman–Crippen LogP) is 5.28. The molecule has 2 aliphatic rings. The van der Waals surface area contributed by atoms with Gasteiger partial charge in [0.25, 0.3) is 5.91 Å². The van der Waals surface area contributed by atoms with E-state index in [1.165, 1.54) is 30.5 Å². The maximum Gasteiger partial charge on any atom is 0.410 e. The summed E-state index contributed by atoms with van der Waals surface area (Å²) in [6, 6.07) is 10.2. The van der Waals surface area contributed by atoms with Crippen LogP contribution in [0.1, 0.15) is 46.4 Å². The zero-order valence-corrected chi connectivity index (χ0v) is 16.9. The van der Waals surface area contributed by atoms with E-state index in [0.717, 1.165) is 28.8 Å². The van der Waals surface area contributed by atoms with Gasteiger partial charge < -0.3 is 10.2 Å². The molecule has 0 fully saturated rings. The molecule has 5 nitrogen and oxygen atoms in total. The molecule has 3 aromatic rings. The molecule has 2 aromatic carbocycles. The summed E-state index contributed by atoms with van der Waals surface area (Å²) in [4.78, 5) is 15.0. The number of benzene rings is 2. The van der Waals surface area contributed by atoms with Crippen LogP contribution < -0.4 is 10.2 Å². The second-order valence-electron chi connectivity index (χ2n) is 8.08. The molecule has 1 aromatic heterocycles. The number of amides is 1. The molecule has 0 saturated carbocycles. The minimum atomic E-state index is -4.56. The Balaban J connectivity index is 1.54. The van der Waals surface area contributed by atoms with Crippen LogP contribution in [0.15, 0.2) is 54.7 Å². The summed E-state index contributed by atoms with van der Waals surface area (Å²) in [6.45, 7) is 0.477. The Morgan fingerprint density at radius 3 is 2.59 bits per heavy atom. The highest BCUT2D eigenvalue weighted by Crippen LogP contribution is 2.44. The number of carbonyl (C=O) groups is 1. The first-order valence-corrected chi connectivity index (χ1v) is 10.4. The van der Waals surface area contributed by atoms with Crippen LogP contribution in [0, 0.1) is 5.82 Å². The summed E-state index contributed by atoms with van der Waals surface area (Å²) in [5.74, 6) is -0.839. The van der Waals surface area contributed by atoms with Gasteiger partial charge in [-0.15, -0.1) is 0 Å². The van der Waals surface area contributed by atoms with Crippen LogP contribution in [-0.2, 0) is 6.42 Å². The number of halogens is 4. The third-order valence-corrected chi connectivity index (χ3v) is 6.10. The van der Waals surface area contributed by atoms with E-state index in [0.29, 0.717) is 12.1 Å². The lowest BCUT2D eigenvalue weighted by atomic mass is 9.96. The number of nitrogens with one attached hydrogen (secondary N) is 1. The molecule has 3 heterocycles. The lowest BCUT2D eigenvalue weighted by molar-refractivity contribution is -0.173. The summed E-state index contributed by atoms with van der Waals surface area (Å²) >= 11 is 0. The Morgan fingerprint density at radius 1 is 1.09 bits per heavy atom. The summed E-state index contributed by atoms with van der Waals surface area (Å²) in [7, 11) is 0. The van der Waals surface area contributed by atoms with Gasteiger partial charge in [0.15, 0.2) is 6.04 Å². The first-order valence-electron chi connectivity index (χ1n) is 10.4. The van der Waals surface area contributed by atoms with Crippen molar-refractivity contribution in [3.63, 3.8) is 0 Å². The van der Waals surface area contributed by atoms with E-state index in [1.807, 2.05) is 24.3 Å². The number of fused-ring (bicyclic) bond motifs is 2. The molecule has 32 heavy (non-hydrogen) atoms. The topological polar surface area (TPSA) is 50.2 Å². The van der Waals surface area contributed by atoms with Gasteiger partial charge in [0.1, 0.15) is 17.2 Å². The molecular weight excluding hydrogens is 424 g/mol. The fraction of sp³-hybridized carbons (Fsp3) is 0.304. The van der Waals surface area contributed by atoms with Crippen molar-refractivity contribution < 1.29 is 22.4 Å². The van der Waals surface area contributed by atoms with Gasteiger partial charge in [-0.3, -0.25) is 4.79 Å². The summed E-state index contributed by atoms with van der Waals surface area (Å²) < 4.78 is 55.9. The van der Waals surface area contributed by atoms with Crippen LogP contribution in [0.4, 0.5) is 29.1 Å². The lowest BCUT2D eigenvalue weighted by Gasteiger charge is -2.35. The van der Waals surface area contributed by atoms with Crippen LogP contribution >= 0.6 is 0 Å². The molecule has 2 atom stereocenters. The molecule has 0 saturated heterocycles. The molecule has 9 heteroatoms. The molecular formula is C23H20F4N4O. The molecule has 2 aliphatic heterocycles. The van der Waals surface area contributed by atoms with E-state index in [-0.39, 0.29) is 17.8 Å². The zero-order valence-electron chi connectivity index (χ0n) is 16.9. The highest BCUT2D eigenvalue weighted by molar-refractivity contribution is 6.09. The molecule has 0 radical (unpaired) electrons. The Bertz CT molecular complexity index is 1160. The molecule has 0 spiro atoms. The second-order valence-corrected chi connectivity index (χ2v) is 8.08. The normalized spacial score (nSPS) is 20.3. The van der Waals surface area contributed by atoms with Gasteiger partial charge in [-0.05, 0) is 42.2 Å². The van der Waals surface area contributed by atoms with Gasteiger partial charge in [0.2, 0.25) is 0 Å². The van der Waals surface area contributed by atoms with Crippen molar-refractivity contribution >= 4 is 17.4 Å². The number of aromatic nitrogens is 2. The van der Waals surface area contributed by atoms with Gasteiger partial charge in [0, 0.05) is 18.7 Å². The number of para-hydroxylation sites is 1. The van der Waals surface area contributed by atoms with Gasteiger partial charge in [-0.25, -0.2) is 9.07 Å². The van der Waals surface area contributed by atoms with Crippen molar-refractivity contribution in [3.05, 3.63) is 77.2 Å². The number of carbonyl (C=O) groups excluding carboxylic acids is 1. The van der Waals surface area contributed by atoms with Gasteiger partial charge >= 0.3 is 6.18 Å². The summed E-state index contributed by atoms with van der Waals surface area (Å²) in [5.41, 5.74) is 2.39. The average molecular weight is 444 g/mol. The van der Waals surface area contributed by atoms with E-state index >= 15 is 0 Å². The van der Waals surface area contributed by atoms with Crippen molar-refractivity contribution in [3.8, 4) is 0 Å². The SMILES string of the molecule is O=C(c1cnn2c1N[C@H](c1ccc(F)cc1)C[C@@H]2C(F)(F)F)N1CCCc2ccccc21. The lowest BCUT2D eigenvalue weighted by Crippen LogP contribution is -2.38. The summed E-state index contributed by atoms with van der Waals surface area (Å²) in [5, 5.41) is 7.00. The molecule has 0 bridgehead atoms. The molecule has 0 unspecified atom stereocenters. The van der Waals surface area contributed by atoms with Crippen LogP contribution in [0.3, 0.4) is 0 Å². The second kappa shape index (κ2) is 7.65. The number of anilines is 2. The van der Waals surface area contributed by atoms with Crippen LogP contribution in [0.25, 0.3) is 0 Å². The molecule has 1 amide bonds. The third kappa shape index (κ3) is 3.51. The predicted molar refractivity (Wildman–Crippen MR) is 111 cm³/mol. The minimum Gasteiger partial charge on any atom is -0.363 e. The number of hydrogen-bond acceptors (Lipinski definition) is 3. The largest absolute Gasteiger partial charge is 0.410 e. The fourth-order valence-electron chi connectivity index (χ4n) is 4.52. The maximum absolute atomic E-state index is 13.9. The van der Waals surface area contributed by atoms with E-state index in [1.54, 1.807) is 4.90 Å². The van der Waals surface area contributed by atoms with Crippen LogP contribution in [0.2, 0.25) is 0 Å². The Kier molecular flexibility index (Phi) is 4.91. The number of alkyl halides is 3. The van der Waals surface area contributed by atoms with Crippen molar-refractivity contribution in [1.29, 1.82) is 0 Å². The molecule has 166 valence electrons. The van der Waals surface area contributed by atoms with Gasteiger partial charge in [-0.1, -0.05) is 30.3 Å².